The van der Waals surface area contributed by atoms with Crippen LogP contribution in [-0.2, 0) is 6.42 Å². The quantitative estimate of drug-likeness (QED) is 0.857. The Morgan fingerprint density at radius 2 is 1.79 bits per heavy atom. The van der Waals surface area contributed by atoms with Crippen LogP contribution in [0.4, 0.5) is 5.69 Å². The van der Waals surface area contributed by atoms with E-state index >= 15 is 0 Å². The number of nitrogens with one attached hydrogen (secondary N) is 1. The largest absolute Gasteiger partial charge is 0.374 e. The van der Waals surface area contributed by atoms with E-state index in [9.17, 15) is 4.79 Å². The first kappa shape index (κ1) is 19.0. The van der Waals surface area contributed by atoms with Crippen LogP contribution in [0.2, 0.25) is 0 Å². The summed E-state index contributed by atoms with van der Waals surface area (Å²) in [7, 11) is 2.16. The smallest absolute Gasteiger partial charge is 0.251 e. The molecule has 0 radical (unpaired) electrons. The molecule has 0 aliphatic carbocycles. The SMILES string of the molecule is Cc1ccc(C(=O)NCC(c2ccc3c(c2)CCN3C)N2CCCCC2)cc1. The number of fused-ring (bicyclic) bond motifs is 1. The van der Waals surface area contributed by atoms with Gasteiger partial charge in [-0.1, -0.05) is 36.2 Å². The number of anilines is 1. The van der Waals surface area contributed by atoms with E-state index in [1.54, 1.807) is 0 Å². The molecule has 0 aromatic heterocycles. The number of rotatable bonds is 5. The number of likely N-dealkylation sites (tertiary alicyclic amines) is 1. The van der Waals surface area contributed by atoms with E-state index in [0.29, 0.717) is 6.54 Å². The highest BCUT2D eigenvalue weighted by Crippen LogP contribution is 2.32. The fourth-order valence-corrected chi connectivity index (χ4v) is 4.48. The normalized spacial score (nSPS) is 18.0. The minimum Gasteiger partial charge on any atom is -0.374 e. The van der Waals surface area contributed by atoms with Gasteiger partial charge in [0.25, 0.3) is 5.91 Å². The second kappa shape index (κ2) is 8.36. The Kier molecular flexibility index (Phi) is 5.67. The molecule has 0 saturated carbocycles. The number of nitrogens with zero attached hydrogens (tertiary/aromatic N) is 2. The summed E-state index contributed by atoms with van der Waals surface area (Å²) in [5, 5.41) is 3.20. The summed E-state index contributed by atoms with van der Waals surface area (Å²) < 4.78 is 0. The zero-order valence-electron chi connectivity index (χ0n) is 17.1. The number of likely N-dealkylation sites (N-methyl/N-ethyl adjacent to an activating group) is 1. The zero-order valence-corrected chi connectivity index (χ0v) is 17.1. The van der Waals surface area contributed by atoms with Gasteiger partial charge in [0.1, 0.15) is 0 Å². The topological polar surface area (TPSA) is 35.6 Å². The van der Waals surface area contributed by atoms with Gasteiger partial charge >= 0.3 is 0 Å². The average molecular weight is 378 g/mol. The third-order valence-electron chi connectivity index (χ3n) is 6.22. The summed E-state index contributed by atoms with van der Waals surface area (Å²) in [5.41, 5.74) is 6.03. The van der Waals surface area contributed by atoms with Gasteiger partial charge in [0, 0.05) is 31.4 Å². The fraction of sp³-hybridized carbons (Fsp3) is 0.458. The molecule has 2 aromatic carbocycles. The van der Waals surface area contributed by atoms with Crippen LogP contribution in [0.5, 0.6) is 0 Å². The van der Waals surface area contributed by atoms with Crippen molar-refractivity contribution in [2.45, 2.75) is 38.6 Å². The van der Waals surface area contributed by atoms with Crippen LogP contribution in [0, 0.1) is 6.92 Å². The summed E-state index contributed by atoms with van der Waals surface area (Å²) in [6.07, 6.45) is 4.92. The lowest BCUT2D eigenvalue weighted by Crippen LogP contribution is -2.40. The number of carbonyl (C=O) groups excluding carboxylic acids is 1. The summed E-state index contributed by atoms with van der Waals surface area (Å²) in [4.78, 5) is 17.6. The fourth-order valence-electron chi connectivity index (χ4n) is 4.48. The number of hydrogen-bond acceptors (Lipinski definition) is 3. The lowest BCUT2D eigenvalue weighted by atomic mass is 9.98. The van der Waals surface area contributed by atoms with Gasteiger partial charge in [0.15, 0.2) is 0 Å². The average Bonchev–Trinajstić information content (AvgIpc) is 3.10. The molecular formula is C24H31N3O. The molecule has 4 nitrogen and oxygen atoms in total. The van der Waals surface area contributed by atoms with Gasteiger partial charge < -0.3 is 10.2 Å². The first-order valence-electron chi connectivity index (χ1n) is 10.5. The maximum atomic E-state index is 12.7. The zero-order chi connectivity index (χ0) is 19.5. The Bertz CT molecular complexity index is 824. The summed E-state index contributed by atoms with van der Waals surface area (Å²) >= 11 is 0. The predicted octanol–water partition coefficient (Wildman–Crippen LogP) is 3.94. The molecule has 0 spiro atoms. The Morgan fingerprint density at radius 1 is 1.04 bits per heavy atom. The van der Waals surface area contributed by atoms with E-state index in [-0.39, 0.29) is 11.9 Å². The van der Waals surface area contributed by atoms with Crippen LogP contribution in [0.25, 0.3) is 0 Å². The molecule has 1 saturated heterocycles. The number of amides is 1. The van der Waals surface area contributed by atoms with Gasteiger partial charge in [0.05, 0.1) is 6.04 Å². The van der Waals surface area contributed by atoms with E-state index in [0.717, 1.165) is 31.6 Å². The minimum atomic E-state index is 0.0166. The number of carbonyl (C=O) groups is 1. The molecule has 148 valence electrons. The van der Waals surface area contributed by atoms with Crippen LogP contribution in [-0.4, -0.2) is 44.0 Å². The minimum absolute atomic E-state index is 0.0166. The van der Waals surface area contributed by atoms with Gasteiger partial charge in [-0.05, 0) is 68.6 Å². The van der Waals surface area contributed by atoms with E-state index in [1.165, 1.54) is 41.6 Å². The van der Waals surface area contributed by atoms with E-state index in [2.05, 4.69) is 40.4 Å². The molecule has 1 N–H and O–H groups in total. The van der Waals surface area contributed by atoms with Crippen molar-refractivity contribution >= 4 is 11.6 Å². The molecule has 1 fully saturated rings. The summed E-state index contributed by atoms with van der Waals surface area (Å²) in [5.74, 6) is 0.0166. The van der Waals surface area contributed by atoms with Gasteiger partial charge in [-0.25, -0.2) is 0 Å². The van der Waals surface area contributed by atoms with Crippen molar-refractivity contribution in [2.24, 2.45) is 0 Å². The molecule has 2 heterocycles. The van der Waals surface area contributed by atoms with Crippen molar-refractivity contribution in [3.05, 3.63) is 64.7 Å². The Labute approximate surface area is 168 Å². The monoisotopic (exact) mass is 377 g/mol. The van der Waals surface area contributed by atoms with Crippen molar-refractivity contribution in [1.29, 1.82) is 0 Å². The van der Waals surface area contributed by atoms with E-state index in [4.69, 9.17) is 0 Å². The molecule has 28 heavy (non-hydrogen) atoms. The molecule has 4 rings (SSSR count). The van der Waals surface area contributed by atoms with E-state index < -0.39 is 0 Å². The summed E-state index contributed by atoms with van der Waals surface area (Å²) in [6.45, 7) is 6.02. The number of benzene rings is 2. The molecule has 4 heteroatoms. The van der Waals surface area contributed by atoms with Crippen molar-refractivity contribution in [2.75, 3.05) is 38.1 Å². The summed E-state index contributed by atoms with van der Waals surface area (Å²) in [6, 6.07) is 14.9. The van der Waals surface area contributed by atoms with Crippen LogP contribution in [0.3, 0.4) is 0 Å². The van der Waals surface area contributed by atoms with Crippen LogP contribution >= 0.6 is 0 Å². The lowest BCUT2D eigenvalue weighted by molar-refractivity contribution is 0.0924. The second-order valence-electron chi connectivity index (χ2n) is 8.25. The molecule has 1 atom stereocenters. The molecule has 1 unspecified atom stereocenters. The third kappa shape index (κ3) is 4.07. The van der Waals surface area contributed by atoms with Crippen LogP contribution in [0.1, 0.15) is 52.4 Å². The molecule has 2 aliphatic heterocycles. The molecule has 2 aromatic rings. The highest BCUT2D eigenvalue weighted by Gasteiger charge is 2.25. The van der Waals surface area contributed by atoms with Gasteiger partial charge in [-0.15, -0.1) is 0 Å². The van der Waals surface area contributed by atoms with Crippen molar-refractivity contribution < 1.29 is 4.79 Å². The molecule has 0 bridgehead atoms. The number of aryl methyl sites for hydroxylation is 1. The highest BCUT2D eigenvalue weighted by molar-refractivity contribution is 5.94. The van der Waals surface area contributed by atoms with Gasteiger partial charge in [-0.2, -0.15) is 0 Å². The first-order chi connectivity index (χ1) is 13.6. The lowest BCUT2D eigenvalue weighted by Gasteiger charge is -2.35. The molecular weight excluding hydrogens is 346 g/mol. The molecule has 1 amide bonds. The van der Waals surface area contributed by atoms with E-state index in [1.807, 2.05) is 31.2 Å². The maximum absolute atomic E-state index is 12.7. The first-order valence-corrected chi connectivity index (χ1v) is 10.5. The second-order valence-corrected chi connectivity index (χ2v) is 8.25. The number of piperidine rings is 1. The standard InChI is InChI=1S/C24H31N3O/c1-18-6-8-19(9-7-18)24(28)25-17-23(27-13-4-3-5-14-27)20-10-11-22-21(16-20)12-15-26(22)2/h6-11,16,23H,3-5,12-15,17H2,1-2H3,(H,25,28). The van der Waals surface area contributed by atoms with Crippen LogP contribution < -0.4 is 10.2 Å². The van der Waals surface area contributed by atoms with Crippen molar-refractivity contribution in [1.82, 2.24) is 10.2 Å². The van der Waals surface area contributed by atoms with Crippen molar-refractivity contribution in [3.8, 4) is 0 Å². The Balaban J connectivity index is 1.52. The Hall–Kier alpha value is -2.33. The maximum Gasteiger partial charge on any atom is 0.251 e. The van der Waals surface area contributed by atoms with Crippen LogP contribution in [0.15, 0.2) is 42.5 Å². The van der Waals surface area contributed by atoms with Gasteiger partial charge in [-0.3, -0.25) is 9.69 Å². The third-order valence-corrected chi connectivity index (χ3v) is 6.22. The predicted molar refractivity (Wildman–Crippen MR) is 115 cm³/mol. The van der Waals surface area contributed by atoms with Gasteiger partial charge in [0.2, 0.25) is 0 Å². The number of hydrogen-bond donors (Lipinski definition) is 1. The Morgan fingerprint density at radius 3 is 2.54 bits per heavy atom. The molecule has 2 aliphatic rings. The van der Waals surface area contributed by atoms with Crippen molar-refractivity contribution in [3.63, 3.8) is 0 Å². The highest BCUT2D eigenvalue weighted by atomic mass is 16.1.